The molecule has 2 rings (SSSR count). The van der Waals surface area contributed by atoms with Crippen LogP contribution in [0.1, 0.15) is 36.0 Å². The minimum Gasteiger partial charge on any atom is -0.481 e. The van der Waals surface area contributed by atoms with E-state index in [1.165, 1.54) is 0 Å². The third-order valence-electron chi connectivity index (χ3n) is 3.83. The summed E-state index contributed by atoms with van der Waals surface area (Å²) in [7, 11) is 0. The first kappa shape index (κ1) is 16.3. The lowest BCUT2D eigenvalue weighted by molar-refractivity contribution is -0.137. The Bertz CT molecular complexity index is 542. The van der Waals surface area contributed by atoms with Crippen LogP contribution in [-0.2, 0) is 4.79 Å². The Morgan fingerprint density at radius 1 is 1.33 bits per heavy atom. The molecule has 1 aliphatic rings. The molecule has 0 saturated carbocycles. The zero-order chi connectivity index (χ0) is 15.4. The lowest BCUT2D eigenvalue weighted by Crippen LogP contribution is -2.38. The van der Waals surface area contributed by atoms with Gasteiger partial charge in [0.1, 0.15) is 0 Å². The highest BCUT2D eigenvalue weighted by atomic mass is 79.9. The molecule has 4 nitrogen and oxygen atoms in total. The van der Waals surface area contributed by atoms with Gasteiger partial charge < -0.3 is 10.0 Å². The van der Waals surface area contributed by atoms with Crippen molar-refractivity contribution in [3.05, 3.63) is 33.3 Å². The van der Waals surface area contributed by atoms with Gasteiger partial charge in [0.05, 0.1) is 5.02 Å². The molecule has 1 N–H and O–H groups in total. The number of carboxylic acids is 1. The van der Waals surface area contributed by atoms with Crippen LogP contribution in [0.2, 0.25) is 5.02 Å². The summed E-state index contributed by atoms with van der Waals surface area (Å²) in [5, 5.41) is 9.28. The first-order valence-corrected chi connectivity index (χ1v) is 8.10. The molecule has 6 heteroatoms. The number of piperidine rings is 1. The Balaban J connectivity index is 1.90. The number of carbonyl (C=O) groups is 2. The number of amides is 1. The fourth-order valence-electron chi connectivity index (χ4n) is 2.56. The predicted octanol–water partition coefficient (Wildman–Crippen LogP) is 3.82. The Kier molecular flexibility index (Phi) is 5.65. The molecule has 1 fully saturated rings. The van der Waals surface area contributed by atoms with E-state index in [-0.39, 0.29) is 12.3 Å². The maximum absolute atomic E-state index is 12.4. The summed E-state index contributed by atoms with van der Waals surface area (Å²) in [6.45, 7) is 1.37. The molecule has 0 aromatic heterocycles. The molecule has 1 aromatic carbocycles. The molecule has 21 heavy (non-hydrogen) atoms. The van der Waals surface area contributed by atoms with Crippen LogP contribution in [0.4, 0.5) is 0 Å². The number of aliphatic carboxylic acids is 1. The largest absolute Gasteiger partial charge is 0.481 e. The standard InChI is InChI=1S/C15H17BrClNO3/c16-12-9-11(2-3-13(12)17)15(21)18-7-5-10(6-8-18)1-4-14(19)20/h2-3,9-10H,1,4-8H2,(H,19,20). The zero-order valence-electron chi connectivity index (χ0n) is 11.5. The maximum atomic E-state index is 12.4. The molecule has 1 aliphatic heterocycles. The highest BCUT2D eigenvalue weighted by Gasteiger charge is 2.24. The Labute approximate surface area is 137 Å². The molecule has 1 amide bonds. The number of carboxylic acid groups (broad SMARTS) is 1. The van der Waals surface area contributed by atoms with E-state index in [0.29, 0.717) is 40.5 Å². The molecule has 114 valence electrons. The quantitative estimate of drug-likeness (QED) is 0.871. The Hall–Kier alpha value is -1.07. The molecule has 1 heterocycles. The molecule has 0 radical (unpaired) electrons. The number of halogens is 2. The summed E-state index contributed by atoms with van der Waals surface area (Å²) in [6, 6.07) is 5.17. The number of benzene rings is 1. The van der Waals surface area contributed by atoms with Crippen molar-refractivity contribution in [2.75, 3.05) is 13.1 Å². The van der Waals surface area contributed by atoms with E-state index < -0.39 is 5.97 Å². The van der Waals surface area contributed by atoms with Gasteiger partial charge in [0.2, 0.25) is 0 Å². The molecular weight excluding hydrogens is 358 g/mol. The van der Waals surface area contributed by atoms with E-state index >= 15 is 0 Å². The molecule has 0 atom stereocenters. The summed E-state index contributed by atoms with van der Waals surface area (Å²) in [4.78, 5) is 24.8. The lowest BCUT2D eigenvalue weighted by atomic mass is 9.92. The van der Waals surface area contributed by atoms with Gasteiger partial charge in [-0.05, 0) is 59.3 Å². The van der Waals surface area contributed by atoms with Crippen molar-refractivity contribution < 1.29 is 14.7 Å². The second-order valence-corrected chi connectivity index (χ2v) is 6.56. The van der Waals surface area contributed by atoms with Crippen LogP contribution in [0.3, 0.4) is 0 Å². The van der Waals surface area contributed by atoms with Crippen molar-refractivity contribution >= 4 is 39.4 Å². The number of hydrogen-bond acceptors (Lipinski definition) is 2. The second-order valence-electron chi connectivity index (χ2n) is 5.30. The number of carbonyl (C=O) groups excluding carboxylic acids is 1. The minimum absolute atomic E-state index is 0.00375. The second kappa shape index (κ2) is 7.27. The topological polar surface area (TPSA) is 57.6 Å². The van der Waals surface area contributed by atoms with Crippen molar-refractivity contribution in [3.8, 4) is 0 Å². The molecule has 1 saturated heterocycles. The van der Waals surface area contributed by atoms with Crippen LogP contribution in [0, 0.1) is 5.92 Å². The Morgan fingerprint density at radius 3 is 2.57 bits per heavy atom. The van der Waals surface area contributed by atoms with E-state index in [1.807, 2.05) is 4.90 Å². The average Bonchev–Trinajstić information content (AvgIpc) is 2.48. The van der Waals surface area contributed by atoms with Crippen molar-refractivity contribution in [3.63, 3.8) is 0 Å². The smallest absolute Gasteiger partial charge is 0.303 e. The first-order valence-electron chi connectivity index (χ1n) is 6.93. The van der Waals surface area contributed by atoms with Crippen LogP contribution in [-0.4, -0.2) is 35.0 Å². The van der Waals surface area contributed by atoms with Gasteiger partial charge in [-0.2, -0.15) is 0 Å². The number of hydrogen-bond donors (Lipinski definition) is 1. The van der Waals surface area contributed by atoms with Crippen LogP contribution >= 0.6 is 27.5 Å². The molecular formula is C15H17BrClNO3. The van der Waals surface area contributed by atoms with Gasteiger partial charge in [-0.25, -0.2) is 0 Å². The maximum Gasteiger partial charge on any atom is 0.303 e. The van der Waals surface area contributed by atoms with E-state index in [0.717, 1.165) is 12.8 Å². The van der Waals surface area contributed by atoms with E-state index in [2.05, 4.69) is 15.9 Å². The van der Waals surface area contributed by atoms with Gasteiger partial charge in [-0.3, -0.25) is 9.59 Å². The highest BCUT2D eigenvalue weighted by Crippen LogP contribution is 2.26. The van der Waals surface area contributed by atoms with Gasteiger partial charge in [0.25, 0.3) is 5.91 Å². The lowest BCUT2D eigenvalue weighted by Gasteiger charge is -2.32. The first-order chi connectivity index (χ1) is 9.97. The van der Waals surface area contributed by atoms with E-state index in [9.17, 15) is 9.59 Å². The molecule has 0 bridgehead atoms. The summed E-state index contributed by atoms with van der Waals surface area (Å²) < 4.78 is 0.714. The summed E-state index contributed by atoms with van der Waals surface area (Å²) in [6.07, 6.45) is 2.65. The molecule has 1 aromatic rings. The monoisotopic (exact) mass is 373 g/mol. The van der Waals surface area contributed by atoms with Crippen LogP contribution in [0.15, 0.2) is 22.7 Å². The third kappa shape index (κ3) is 4.45. The normalized spacial score (nSPS) is 16.0. The van der Waals surface area contributed by atoms with Crippen molar-refractivity contribution in [2.24, 2.45) is 5.92 Å². The van der Waals surface area contributed by atoms with Gasteiger partial charge in [-0.15, -0.1) is 0 Å². The van der Waals surface area contributed by atoms with Crippen molar-refractivity contribution in [2.45, 2.75) is 25.7 Å². The highest BCUT2D eigenvalue weighted by molar-refractivity contribution is 9.10. The Morgan fingerprint density at radius 2 is 2.00 bits per heavy atom. The summed E-state index contributed by atoms with van der Waals surface area (Å²) in [5.41, 5.74) is 0.621. The number of likely N-dealkylation sites (tertiary alicyclic amines) is 1. The molecule has 0 aliphatic carbocycles. The molecule has 0 unspecified atom stereocenters. The number of nitrogens with zero attached hydrogens (tertiary/aromatic N) is 1. The zero-order valence-corrected chi connectivity index (χ0v) is 13.9. The van der Waals surface area contributed by atoms with E-state index in [4.69, 9.17) is 16.7 Å². The van der Waals surface area contributed by atoms with E-state index in [1.54, 1.807) is 18.2 Å². The summed E-state index contributed by atoms with van der Waals surface area (Å²) >= 11 is 9.25. The fourth-order valence-corrected chi connectivity index (χ4v) is 3.06. The van der Waals surface area contributed by atoms with Gasteiger partial charge in [-0.1, -0.05) is 11.6 Å². The van der Waals surface area contributed by atoms with Crippen LogP contribution in [0.5, 0.6) is 0 Å². The average molecular weight is 375 g/mol. The fraction of sp³-hybridized carbons (Fsp3) is 0.467. The van der Waals surface area contributed by atoms with Gasteiger partial charge in [0.15, 0.2) is 0 Å². The van der Waals surface area contributed by atoms with Gasteiger partial charge in [0, 0.05) is 29.5 Å². The van der Waals surface area contributed by atoms with Crippen molar-refractivity contribution in [1.29, 1.82) is 0 Å². The minimum atomic E-state index is -0.750. The third-order valence-corrected chi connectivity index (χ3v) is 5.05. The summed E-state index contributed by atoms with van der Waals surface area (Å²) in [5.74, 6) is -0.342. The SMILES string of the molecule is O=C(O)CCC1CCN(C(=O)c2ccc(Cl)c(Br)c2)CC1. The van der Waals surface area contributed by atoms with Gasteiger partial charge >= 0.3 is 5.97 Å². The van der Waals surface area contributed by atoms with Crippen LogP contribution < -0.4 is 0 Å². The van der Waals surface area contributed by atoms with Crippen molar-refractivity contribution in [1.82, 2.24) is 4.90 Å². The predicted molar refractivity (Wildman–Crippen MR) is 84.6 cm³/mol. The number of rotatable bonds is 4. The van der Waals surface area contributed by atoms with Crippen LogP contribution in [0.25, 0.3) is 0 Å². The molecule has 0 spiro atoms.